The number of nitrogens with zero attached hydrogens (tertiary/aromatic N) is 1. The second kappa shape index (κ2) is 5.36. The minimum atomic E-state index is 0.0232. The number of oxime groups is 1. The Hall–Kier alpha value is -0.940. The van der Waals surface area contributed by atoms with Crippen molar-refractivity contribution in [1.82, 2.24) is 0 Å². The number of halogens is 2. The van der Waals surface area contributed by atoms with Crippen LogP contribution in [0.15, 0.2) is 27.8 Å². The molecule has 0 saturated heterocycles. The van der Waals surface area contributed by atoms with Crippen LogP contribution in [0.1, 0.15) is 19.3 Å². The van der Waals surface area contributed by atoms with Gasteiger partial charge in [0.25, 0.3) is 0 Å². The molecule has 1 aromatic rings. The van der Waals surface area contributed by atoms with Gasteiger partial charge in [-0.1, -0.05) is 16.8 Å². The van der Waals surface area contributed by atoms with Gasteiger partial charge in [-0.15, -0.1) is 0 Å². The lowest BCUT2D eigenvalue weighted by molar-refractivity contribution is 0.235. The molecule has 0 atom stereocenters. The number of rotatable bonds is 5. The molecule has 1 aliphatic rings. The van der Waals surface area contributed by atoms with Gasteiger partial charge in [-0.25, -0.2) is 0 Å². The summed E-state index contributed by atoms with van der Waals surface area (Å²) in [6.45, 7) is 0.559. The monoisotopic (exact) mass is 332 g/mol. The first-order valence-electron chi connectivity index (χ1n) is 5.59. The summed E-state index contributed by atoms with van der Waals surface area (Å²) >= 11 is 9.26. The Kier molecular flexibility index (Phi) is 4.02. The van der Waals surface area contributed by atoms with E-state index in [1.165, 1.54) is 0 Å². The Bertz CT molecular complexity index is 475. The van der Waals surface area contributed by atoms with Gasteiger partial charge in [0.2, 0.25) is 0 Å². The molecule has 0 aliphatic heterocycles. The molecule has 1 fully saturated rings. The van der Waals surface area contributed by atoms with Crippen LogP contribution in [0, 0.1) is 5.41 Å². The molecule has 3 N–H and O–H groups in total. The van der Waals surface area contributed by atoms with E-state index >= 15 is 0 Å². The largest absolute Gasteiger partial charge is 0.492 e. The second-order valence-electron chi connectivity index (χ2n) is 4.63. The average molecular weight is 334 g/mol. The number of amidine groups is 1. The molecule has 0 heterocycles. The Labute approximate surface area is 119 Å². The topological polar surface area (TPSA) is 67.8 Å². The van der Waals surface area contributed by atoms with E-state index in [-0.39, 0.29) is 11.3 Å². The van der Waals surface area contributed by atoms with Crippen molar-refractivity contribution >= 4 is 33.4 Å². The molecule has 18 heavy (non-hydrogen) atoms. The van der Waals surface area contributed by atoms with Gasteiger partial charge in [0.05, 0.1) is 11.1 Å². The van der Waals surface area contributed by atoms with Crippen molar-refractivity contribution in [3.8, 4) is 5.75 Å². The quantitative estimate of drug-likeness (QED) is 0.375. The first-order valence-corrected chi connectivity index (χ1v) is 6.76. The third kappa shape index (κ3) is 3.29. The van der Waals surface area contributed by atoms with Crippen molar-refractivity contribution < 1.29 is 9.94 Å². The fourth-order valence-electron chi connectivity index (χ4n) is 1.79. The lowest BCUT2D eigenvalue weighted by Crippen LogP contribution is -2.22. The van der Waals surface area contributed by atoms with Crippen molar-refractivity contribution in [1.29, 1.82) is 0 Å². The van der Waals surface area contributed by atoms with Crippen molar-refractivity contribution in [2.45, 2.75) is 19.3 Å². The fraction of sp³-hybridized carbons (Fsp3) is 0.417. The minimum Gasteiger partial charge on any atom is -0.492 e. The maximum Gasteiger partial charge on any atom is 0.139 e. The number of benzene rings is 1. The van der Waals surface area contributed by atoms with E-state index in [9.17, 15) is 0 Å². The Morgan fingerprint density at radius 1 is 1.56 bits per heavy atom. The summed E-state index contributed by atoms with van der Waals surface area (Å²) in [5.41, 5.74) is 5.56. The van der Waals surface area contributed by atoms with Crippen molar-refractivity contribution in [3.05, 3.63) is 27.7 Å². The minimum absolute atomic E-state index is 0.0232. The normalized spacial score (nSPS) is 17.6. The summed E-state index contributed by atoms with van der Waals surface area (Å²) in [4.78, 5) is 0. The standard InChI is InChI=1S/C12H14BrClN2O2/c13-9-5-8(14)1-2-10(9)18-7-12(3-4-12)6-11(15)16-17/h1-2,5,17H,3-4,6-7H2,(H2,15,16). The first-order chi connectivity index (χ1) is 8.54. The average Bonchev–Trinajstić information content (AvgIpc) is 3.08. The van der Waals surface area contributed by atoms with E-state index in [0.29, 0.717) is 18.1 Å². The molecule has 98 valence electrons. The van der Waals surface area contributed by atoms with Crippen LogP contribution in [-0.4, -0.2) is 17.6 Å². The van der Waals surface area contributed by atoms with Crippen LogP contribution in [0.5, 0.6) is 5.75 Å². The Balaban J connectivity index is 1.95. The Morgan fingerprint density at radius 2 is 2.28 bits per heavy atom. The third-order valence-electron chi connectivity index (χ3n) is 3.07. The summed E-state index contributed by atoms with van der Waals surface area (Å²) in [6.07, 6.45) is 2.64. The molecule has 0 radical (unpaired) electrons. The van der Waals surface area contributed by atoms with Crippen LogP contribution in [0.4, 0.5) is 0 Å². The van der Waals surface area contributed by atoms with Gasteiger partial charge < -0.3 is 15.7 Å². The van der Waals surface area contributed by atoms with Gasteiger partial charge in [0, 0.05) is 16.9 Å². The second-order valence-corrected chi connectivity index (χ2v) is 5.92. The number of nitrogens with two attached hydrogens (primary N) is 1. The summed E-state index contributed by atoms with van der Waals surface area (Å²) in [7, 11) is 0. The zero-order valence-electron chi connectivity index (χ0n) is 9.70. The number of hydrogen-bond acceptors (Lipinski definition) is 3. The molecule has 6 heteroatoms. The van der Waals surface area contributed by atoms with Crippen molar-refractivity contribution in [3.63, 3.8) is 0 Å². The van der Waals surface area contributed by atoms with Crippen molar-refractivity contribution in [2.24, 2.45) is 16.3 Å². The predicted molar refractivity (Wildman–Crippen MR) is 74.3 cm³/mol. The molecule has 1 saturated carbocycles. The highest BCUT2D eigenvalue weighted by molar-refractivity contribution is 9.10. The van der Waals surface area contributed by atoms with Gasteiger partial charge in [0.15, 0.2) is 0 Å². The molecule has 1 aromatic carbocycles. The van der Waals surface area contributed by atoms with Crippen LogP contribution in [0.25, 0.3) is 0 Å². The summed E-state index contributed by atoms with van der Waals surface area (Å²) < 4.78 is 6.60. The number of hydrogen-bond donors (Lipinski definition) is 2. The molecule has 1 aliphatic carbocycles. The molecule has 0 aromatic heterocycles. The SMILES string of the molecule is NC(CC1(COc2ccc(Cl)cc2Br)CC1)=NO. The highest BCUT2D eigenvalue weighted by Gasteiger charge is 2.44. The van der Waals surface area contributed by atoms with E-state index in [4.69, 9.17) is 27.3 Å². The smallest absolute Gasteiger partial charge is 0.139 e. The van der Waals surface area contributed by atoms with Crippen LogP contribution < -0.4 is 10.5 Å². The molecule has 0 amide bonds. The molecule has 0 unspecified atom stereocenters. The Morgan fingerprint density at radius 3 is 2.83 bits per heavy atom. The maximum absolute atomic E-state index is 8.59. The lowest BCUT2D eigenvalue weighted by Gasteiger charge is -2.16. The third-order valence-corrected chi connectivity index (χ3v) is 3.92. The van der Waals surface area contributed by atoms with Crippen LogP contribution >= 0.6 is 27.5 Å². The summed E-state index contributed by atoms with van der Waals surface area (Å²) in [5.74, 6) is 1.01. The predicted octanol–water partition coefficient (Wildman–Crippen LogP) is 3.40. The molecule has 2 rings (SSSR count). The van der Waals surface area contributed by atoms with E-state index < -0.39 is 0 Å². The van der Waals surface area contributed by atoms with E-state index in [1.807, 2.05) is 6.07 Å². The maximum atomic E-state index is 8.59. The highest BCUT2D eigenvalue weighted by Crippen LogP contribution is 2.49. The molecular weight excluding hydrogens is 320 g/mol. The van der Waals surface area contributed by atoms with Gasteiger partial charge >= 0.3 is 0 Å². The van der Waals surface area contributed by atoms with Gasteiger partial charge in [-0.2, -0.15) is 0 Å². The van der Waals surface area contributed by atoms with Crippen LogP contribution in [0.2, 0.25) is 5.02 Å². The van der Waals surface area contributed by atoms with Gasteiger partial charge in [0.1, 0.15) is 11.6 Å². The summed E-state index contributed by atoms with van der Waals surface area (Å²) in [6, 6.07) is 5.40. The zero-order chi connectivity index (χ0) is 13.2. The summed E-state index contributed by atoms with van der Waals surface area (Å²) in [5, 5.41) is 12.3. The first kappa shape index (κ1) is 13.5. The highest BCUT2D eigenvalue weighted by atomic mass is 79.9. The van der Waals surface area contributed by atoms with Crippen LogP contribution in [0.3, 0.4) is 0 Å². The molecule has 0 spiro atoms. The number of ether oxygens (including phenoxy) is 1. The van der Waals surface area contributed by atoms with Gasteiger partial charge in [-0.3, -0.25) is 0 Å². The molecule has 0 bridgehead atoms. The van der Waals surface area contributed by atoms with Crippen LogP contribution in [-0.2, 0) is 0 Å². The van der Waals surface area contributed by atoms with Gasteiger partial charge in [-0.05, 0) is 47.0 Å². The van der Waals surface area contributed by atoms with E-state index in [2.05, 4.69) is 21.1 Å². The zero-order valence-corrected chi connectivity index (χ0v) is 12.0. The fourth-order valence-corrected chi connectivity index (χ4v) is 2.59. The molecule has 4 nitrogen and oxygen atoms in total. The van der Waals surface area contributed by atoms with Crippen molar-refractivity contribution in [2.75, 3.05) is 6.61 Å². The molecular formula is C12H14BrClN2O2. The lowest BCUT2D eigenvalue weighted by atomic mass is 10.0. The van der Waals surface area contributed by atoms with E-state index in [1.54, 1.807) is 12.1 Å². The van der Waals surface area contributed by atoms with E-state index in [0.717, 1.165) is 23.1 Å².